The molecule has 0 aliphatic heterocycles. The molecule has 1 aromatic carbocycles. The van der Waals surface area contributed by atoms with Crippen molar-refractivity contribution in [3.63, 3.8) is 0 Å². The Balaban J connectivity index is 2.65. The molecule has 0 aromatic heterocycles. The molecular formula is C12H11ClFNO3. The van der Waals surface area contributed by atoms with Gasteiger partial charge in [0.1, 0.15) is 5.54 Å². The maximum atomic E-state index is 14.1. The summed E-state index contributed by atoms with van der Waals surface area (Å²) < 4.78 is 24.0. The third-order valence-corrected chi connectivity index (χ3v) is 3.30. The highest BCUT2D eigenvalue weighted by Gasteiger charge is 2.48. The number of rotatable bonds is 4. The number of hydrogen-bond acceptors (Lipinski definition) is 4. The molecule has 0 N–H and O–H groups in total. The average Bonchev–Trinajstić information content (AvgIpc) is 3.10. The van der Waals surface area contributed by atoms with Gasteiger partial charge in [0.2, 0.25) is 11.9 Å². The van der Waals surface area contributed by atoms with Gasteiger partial charge in [-0.25, -0.2) is 4.79 Å². The fourth-order valence-electron chi connectivity index (χ4n) is 1.96. The fraction of sp³-hybridized carbons (Fsp3) is 0.417. The number of nitrogens with zero attached hydrogens (tertiary/aromatic N) is 1. The lowest BCUT2D eigenvalue weighted by molar-refractivity contribution is 0.344. The summed E-state index contributed by atoms with van der Waals surface area (Å²) in [5.74, 6) is -0.759. The van der Waals surface area contributed by atoms with Crippen LogP contribution in [0.5, 0.6) is 11.5 Å². The zero-order chi connectivity index (χ0) is 13.3. The number of methoxy groups -OCH3 is 2. The molecule has 96 valence electrons. The molecule has 0 amide bonds. The number of benzene rings is 1. The fourth-order valence-corrected chi connectivity index (χ4v) is 2.23. The molecule has 0 bridgehead atoms. The Kier molecular flexibility index (Phi) is 3.28. The van der Waals surface area contributed by atoms with E-state index in [-0.39, 0.29) is 16.5 Å². The molecule has 18 heavy (non-hydrogen) atoms. The van der Waals surface area contributed by atoms with Crippen molar-refractivity contribution in [2.75, 3.05) is 14.2 Å². The summed E-state index contributed by atoms with van der Waals surface area (Å²) in [5, 5.41) is 0.123. The Morgan fingerprint density at radius 1 is 1.39 bits per heavy atom. The van der Waals surface area contributed by atoms with Crippen LogP contribution in [-0.4, -0.2) is 20.3 Å². The van der Waals surface area contributed by atoms with Crippen LogP contribution in [0.1, 0.15) is 18.4 Å². The van der Waals surface area contributed by atoms with Crippen LogP contribution < -0.4 is 9.47 Å². The van der Waals surface area contributed by atoms with Crippen LogP contribution >= 0.6 is 11.6 Å². The Morgan fingerprint density at radius 2 is 2.00 bits per heavy atom. The molecule has 4 nitrogen and oxygen atoms in total. The van der Waals surface area contributed by atoms with Gasteiger partial charge in [0.25, 0.3) is 0 Å². The number of ether oxygens (including phenoxy) is 2. The summed E-state index contributed by atoms with van der Waals surface area (Å²) >= 11 is 5.94. The molecule has 1 fully saturated rings. The minimum Gasteiger partial charge on any atom is -0.493 e. The lowest BCUT2D eigenvalue weighted by Gasteiger charge is -2.17. The maximum Gasteiger partial charge on any atom is 0.235 e. The van der Waals surface area contributed by atoms with Gasteiger partial charge in [-0.05, 0) is 18.9 Å². The third kappa shape index (κ3) is 1.85. The SMILES string of the molecule is COc1c(Cl)cc(C2(N=C=O)CC2)c(OC)c1F. The number of aliphatic imine (C=N–C) groups is 1. The van der Waals surface area contributed by atoms with Crippen LogP contribution in [0, 0.1) is 5.82 Å². The predicted molar refractivity (Wildman–Crippen MR) is 63.5 cm³/mol. The summed E-state index contributed by atoms with van der Waals surface area (Å²) in [4.78, 5) is 14.2. The quantitative estimate of drug-likeness (QED) is 0.625. The van der Waals surface area contributed by atoms with E-state index in [4.69, 9.17) is 21.1 Å². The van der Waals surface area contributed by atoms with Crippen molar-refractivity contribution >= 4 is 17.7 Å². The topological polar surface area (TPSA) is 47.9 Å². The first kappa shape index (κ1) is 12.9. The lowest BCUT2D eigenvalue weighted by Crippen LogP contribution is -2.08. The molecule has 0 spiro atoms. The van der Waals surface area contributed by atoms with Crippen LogP contribution in [0.25, 0.3) is 0 Å². The second kappa shape index (κ2) is 4.59. The van der Waals surface area contributed by atoms with Crippen molar-refractivity contribution in [2.45, 2.75) is 18.4 Å². The van der Waals surface area contributed by atoms with Crippen LogP contribution in [0.2, 0.25) is 5.02 Å². The molecule has 0 radical (unpaired) electrons. The van der Waals surface area contributed by atoms with Crippen molar-refractivity contribution < 1.29 is 18.7 Å². The van der Waals surface area contributed by atoms with Gasteiger partial charge >= 0.3 is 0 Å². The van der Waals surface area contributed by atoms with Crippen molar-refractivity contribution in [3.8, 4) is 11.5 Å². The van der Waals surface area contributed by atoms with Gasteiger partial charge in [-0.2, -0.15) is 9.38 Å². The second-order valence-electron chi connectivity index (χ2n) is 4.02. The third-order valence-electron chi connectivity index (χ3n) is 3.02. The van der Waals surface area contributed by atoms with Gasteiger partial charge < -0.3 is 9.47 Å². The summed E-state index contributed by atoms with van der Waals surface area (Å²) in [6, 6.07) is 1.52. The van der Waals surface area contributed by atoms with Crippen LogP contribution in [-0.2, 0) is 10.3 Å². The first-order valence-electron chi connectivity index (χ1n) is 5.29. The van der Waals surface area contributed by atoms with Crippen molar-refractivity contribution in [2.24, 2.45) is 4.99 Å². The van der Waals surface area contributed by atoms with E-state index in [2.05, 4.69) is 4.99 Å². The van der Waals surface area contributed by atoms with E-state index in [9.17, 15) is 9.18 Å². The monoisotopic (exact) mass is 271 g/mol. The number of hydrogen-bond donors (Lipinski definition) is 0. The van der Waals surface area contributed by atoms with Crippen LogP contribution in [0.3, 0.4) is 0 Å². The molecule has 1 aliphatic carbocycles. The van der Waals surface area contributed by atoms with E-state index >= 15 is 0 Å². The predicted octanol–water partition coefficient (Wildman–Crippen LogP) is 2.82. The maximum absolute atomic E-state index is 14.1. The summed E-state index contributed by atoms with van der Waals surface area (Å²) in [6.07, 6.45) is 2.79. The average molecular weight is 272 g/mol. The highest BCUT2D eigenvalue weighted by molar-refractivity contribution is 6.32. The van der Waals surface area contributed by atoms with E-state index < -0.39 is 11.4 Å². The molecule has 0 unspecified atom stereocenters. The van der Waals surface area contributed by atoms with E-state index in [1.165, 1.54) is 26.4 Å². The highest BCUT2D eigenvalue weighted by atomic mass is 35.5. The van der Waals surface area contributed by atoms with E-state index in [1.54, 1.807) is 0 Å². The minimum absolute atomic E-state index is 0.00718. The van der Waals surface area contributed by atoms with Crippen molar-refractivity contribution in [1.29, 1.82) is 0 Å². The minimum atomic E-state index is -0.746. The molecule has 0 saturated heterocycles. The van der Waals surface area contributed by atoms with Crippen molar-refractivity contribution in [1.82, 2.24) is 0 Å². The van der Waals surface area contributed by atoms with Gasteiger partial charge in [-0.3, -0.25) is 0 Å². The van der Waals surface area contributed by atoms with Gasteiger partial charge in [0.05, 0.1) is 19.2 Å². The van der Waals surface area contributed by atoms with Gasteiger partial charge in [0.15, 0.2) is 11.5 Å². The Labute approximate surface area is 108 Å². The lowest BCUT2D eigenvalue weighted by atomic mass is 10.0. The van der Waals surface area contributed by atoms with E-state index in [0.29, 0.717) is 18.4 Å². The van der Waals surface area contributed by atoms with Gasteiger partial charge in [-0.15, -0.1) is 0 Å². The molecule has 6 heteroatoms. The first-order chi connectivity index (χ1) is 8.59. The second-order valence-corrected chi connectivity index (χ2v) is 4.43. The Bertz CT molecular complexity index is 537. The smallest absolute Gasteiger partial charge is 0.235 e. The van der Waals surface area contributed by atoms with Gasteiger partial charge in [-0.1, -0.05) is 11.6 Å². The first-order valence-corrected chi connectivity index (χ1v) is 5.67. The highest BCUT2D eigenvalue weighted by Crippen LogP contribution is 2.54. The molecule has 2 rings (SSSR count). The Hall–Kier alpha value is -1.58. The summed E-state index contributed by atoms with van der Waals surface area (Å²) in [7, 11) is 2.66. The number of carbonyl (C=O) groups excluding carboxylic acids is 1. The normalized spacial score (nSPS) is 15.8. The van der Waals surface area contributed by atoms with Crippen LogP contribution in [0.15, 0.2) is 11.1 Å². The van der Waals surface area contributed by atoms with E-state index in [0.717, 1.165) is 0 Å². The standard InChI is InChI=1S/C12H11ClFNO3/c1-17-10-7(12(3-4-12)15-6-16)5-8(13)11(18-2)9(10)14/h5H,3-4H2,1-2H3. The molecule has 1 saturated carbocycles. The summed E-state index contributed by atoms with van der Waals surface area (Å²) in [6.45, 7) is 0. The zero-order valence-corrected chi connectivity index (χ0v) is 10.7. The number of halogens is 2. The van der Waals surface area contributed by atoms with E-state index in [1.807, 2.05) is 0 Å². The van der Waals surface area contributed by atoms with Gasteiger partial charge in [0, 0.05) is 5.56 Å². The molecule has 0 atom stereocenters. The van der Waals surface area contributed by atoms with Crippen LogP contribution in [0.4, 0.5) is 4.39 Å². The zero-order valence-electron chi connectivity index (χ0n) is 9.92. The van der Waals surface area contributed by atoms with Crippen molar-refractivity contribution in [3.05, 3.63) is 22.5 Å². The Morgan fingerprint density at radius 3 is 2.44 bits per heavy atom. The summed E-state index contributed by atoms with van der Waals surface area (Å²) in [5.41, 5.74) is -0.291. The molecular weight excluding hydrogens is 261 g/mol. The molecule has 0 heterocycles. The number of isocyanates is 1. The molecule has 1 aromatic rings. The largest absolute Gasteiger partial charge is 0.493 e. The molecule has 1 aliphatic rings.